The summed E-state index contributed by atoms with van der Waals surface area (Å²) in [6.45, 7) is 3.63. The summed E-state index contributed by atoms with van der Waals surface area (Å²) in [5.41, 5.74) is 1.78. The lowest BCUT2D eigenvalue weighted by atomic mass is 9.66. The largest absolute Gasteiger partial charge is 0.487 e. The maximum atomic E-state index is 14.6. The molecule has 4 aromatic rings. The zero-order valence-electron chi connectivity index (χ0n) is 38.7. The van der Waals surface area contributed by atoms with Gasteiger partial charge in [-0.2, -0.15) is 0 Å². The number of carbonyl (C=O) groups is 5. The van der Waals surface area contributed by atoms with Gasteiger partial charge in [0, 0.05) is 85.1 Å². The molecule has 1 aliphatic carbocycles. The Morgan fingerprint density at radius 2 is 1.55 bits per heavy atom. The van der Waals surface area contributed by atoms with Crippen LogP contribution >= 0.6 is 22.9 Å². The van der Waals surface area contributed by atoms with Crippen LogP contribution in [0.25, 0.3) is 0 Å². The third kappa shape index (κ3) is 14.8. The number of piperidine rings is 1. The van der Waals surface area contributed by atoms with Gasteiger partial charge in [0.2, 0.25) is 17.7 Å². The minimum atomic E-state index is -0.730. The quantitative estimate of drug-likeness (QED) is 0.0366. The average molecular weight is 992 g/mol. The number of hydrogen-bond acceptors (Lipinski definition) is 14. The molecule has 16 nitrogen and oxygen atoms in total. The predicted octanol–water partition coefficient (Wildman–Crippen LogP) is 8.00. The Morgan fingerprint density at radius 3 is 2.30 bits per heavy atom. The molecule has 2 aromatic heterocycles. The van der Waals surface area contributed by atoms with E-state index >= 15 is 0 Å². The minimum absolute atomic E-state index is 0.0142. The van der Waals surface area contributed by atoms with Gasteiger partial charge in [-0.1, -0.05) is 29.8 Å². The van der Waals surface area contributed by atoms with Crippen molar-refractivity contribution in [2.24, 2.45) is 5.41 Å². The van der Waals surface area contributed by atoms with E-state index < -0.39 is 23.2 Å². The van der Waals surface area contributed by atoms with E-state index in [4.69, 9.17) is 40.3 Å². The van der Waals surface area contributed by atoms with Gasteiger partial charge in [0.25, 0.3) is 5.91 Å². The molecule has 2 aliphatic heterocycles. The van der Waals surface area contributed by atoms with E-state index in [9.17, 15) is 28.4 Å². The molecule has 0 bridgehead atoms. The lowest BCUT2D eigenvalue weighted by Gasteiger charge is -2.39. The van der Waals surface area contributed by atoms with Crippen molar-refractivity contribution < 1.29 is 52.0 Å². The summed E-state index contributed by atoms with van der Waals surface area (Å²) in [6.07, 6.45) is 8.66. The predicted molar refractivity (Wildman–Crippen MR) is 257 cm³/mol. The number of ketones is 1. The van der Waals surface area contributed by atoms with Gasteiger partial charge in [0.15, 0.2) is 16.7 Å². The number of anilines is 3. The molecular formula is C50H60ClFN6O10S. The van der Waals surface area contributed by atoms with Crippen LogP contribution in [0.3, 0.4) is 0 Å². The molecule has 1 atom stereocenters. The number of benzene rings is 2. The number of nitrogens with zero attached hydrogens (tertiary/aromatic N) is 3. The van der Waals surface area contributed by atoms with Crippen LogP contribution in [0.1, 0.15) is 98.7 Å². The number of ether oxygens (including phenoxy) is 5. The lowest BCUT2D eigenvalue weighted by molar-refractivity contribution is -0.137. The number of pyridine rings is 1. The minimum Gasteiger partial charge on any atom is -0.487 e. The van der Waals surface area contributed by atoms with E-state index in [1.165, 1.54) is 22.3 Å². The van der Waals surface area contributed by atoms with Gasteiger partial charge < -0.3 is 39.2 Å². The van der Waals surface area contributed by atoms with Crippen molar-refractivity contribution in [1.29, 1.82) is 0 Å². The molecule has 3 N–H and O–H groups in total. The fourth-order valence-electron chi connectivity index (χ4n) is 8.87. The van der Waals surface area contributed by atoms with Crippen LogP contribution in [0, 0.1) is 11.2 Å². The second-order valence-electron chi connectivity index (χ2n) is 17.4. The number of hydrogen-bond donors (Lipinski definition) is 3. The van der Waals surface area contributed by atoms with E-state index in [2.05, 4.69) is 20.9 Å². The number of unbranched alkanes of at least 4 members (excludes halogenated alkanes) is 2. The first kappa shape index (κ1) is 51.5. The number of thiazole rings is 1. The Balaban J connectivity index is 0.708. The summed E-state index contributed by atoms with van der Waals surface area (Å²) >= 11 is 7.48. The first-order valence-electron chi connectivity index (χ1n) is 23.7. The van der Waals surface area contributed by atoms with Crippen molar-refractivity contribution >= 4 is 69.0 Å². The summed E-state index contributed by atoms with van der Waals surface area (Å²) in [7, 11) is 0. The summed E-state index contributed by atoms with van der Waals surface area (Å²) in [5, 5.41) is 11.0. The number of fused-ring (bicyclic) bond motifs is 1. The number of carbonyl (C=O) groups excluding carboxylic acids is 5. The molecule has 0 radical (unpaired) electrons. The van der Waals surface area contributed by atoms with Crippen LogP contribution < -0.4 is 20.7 Å². The molecule has 4 amide bonds. The van der Waals surface area contributed by atoms with Crippen LogP contribution in [0.4, 0.5) is 21.0 Å². The van der Waals surface area contributed by atoms with Crippen LogP contribution in [0.5, 0.6) is 5.75 Å². The monoisotopic (exact) mass is 990 g/mol. The van der Waals surface area contributed by atoms with Gasteiger partial charge in [0.05, 0.1) is 50.6 Å². The highest BCUT2D eigenvalue weighted by atomic mass is 35.5. The normalized spacial score (nSPS) is 19.0. The Hall–Kier alpha value is -5.37. The number of imide groups is 1. The van der Waals surface area contributed by atoms with Crippen molar-refractivity contribution in [1.82, 2.24) is 20.2 Å². The maximum Gasteiger partial charge on any atom is 0.255 e. The molecule has 2 aromatic carbocycles. The highest BCUT2D eigenvalue weighted by Crippen LogP contribution is 2.43. The van der Waals surface area contributed by atoms with Gasteiger partial charge in [-0.05, 0) is 94.2 Å². The molecule has 69 heavy (non-hydrogen) atoms. The van der Waals surface area contributed by atoms with Gasteiger partial charge in [-0.3, -0.25) is 29.3 Å². The molecular weight excluding hydrogens is 931 g/mol. The molecule has 4 heterocycles. The number of aromatic nitrogens is 2. The van der Waals surface area contributed by atoms with Gasteiger partial charge in [-0.25, -0.2) is 14.4 Å². The van der Waals surface area contributed by atoms with E-state index in [0.717, 1.165) is 30.1 Å². The first-order valence-corrected chi connectivity index (χ1v) is 25.0. The summed E-state index contributed by atoms with van der Waals surface area (Å²) in [5.74, 6) is -0.991. The molecule has 1 unspecified atom stereocenters. The number of amides is 4. The Morgan fingerprint density at radius 1 is 0.841 bits per heavy atom. The summed E-state index contributed by atoms with van der Waals surface area (Å²) in [4.78, 5) is 74.3. The standard InChI is InChI=1S/C50H60ClFN6O10S/c51-38-10-6-12-41(46(38)52)68-35-17-20-50(21-18-35,32-34-8-4-14-43(54-34)56-49-53-22-31-69-49)42(59)13-7-25-64-23-2-1-3-24-65-27-29-67-30-28-66-26-19-45(61)55-39-11-5-9-36-37(39)33-58(48(36)63)40-15-16-44(60)57-47(40)62/h4-6,8-12,14,22,31,35,40H,1-3,7,13,15-21,23-30,32-33H2,(H,55,61)(H,53,54,56)(H,57,60,62). The molecule has 7 rings (SSSR count). The SMILES string of the molecule is O=C1CCC(N2Cc3c(NC(=O)CCOCCOCCOCCCCCOCCCC(=O)C4(Cc5cccc(Nc6nccs6)n5)CCC(Oc5cccc(Cl)c5F)CC4)cccc3C2=O)C(=O)N1. The van der Waals surface area contributed by atoms with E-state index in [1.54, 1.807) is 36.5 Å². The molecule has 3 aliphatic rings. The van der Waals surface area contributed by atoms with E-state index in [1.807, 2.05) is 23.6 Å². The smallest absolute Gasteiger partial charge is 0.255 e. The Bertz CT molecular complexity index is 2370. The zero-order valence-corrected chi connectivity index (χ0v) is 40.2. The Labute approximate surface area is 410 Å². The number of halogens is 2. The van der Waals surface area contributed by atoms with Gasteiger partial charge in [0.1, 0.15) is 17.6 Å². The van der Waals surface area contributed by atoms with Crippen LogP contribution in [0.2, 0.25) is 5.02 Å². The summed E-state index contributed by atoms with van der Waals surface area (Å²) in [6, 6.07) is 14.8. The Kier molecular flexibility index (Phi) is 19.4. The maximum absolute atomic E-state index is 14.6. The topological polar surface area (TPSA) is 197 Å². The van der Waals surface area contributed by atoms with Crippen molar-refractivity contribution in [3.05, 3.63) is 93.8 Å². The third-order valence-electron chi connectivity index (χ3n) is 12.5. The number of nitrogens with one attached hydrogen (secondary N) is 3. The molecule has 1 saturated carbocycles. The first-order chi connectivity index (χ1) is 33.6. The lowest BCUT2D eigenvalue weighted by Crippen LogP contribution is -2.52. The van der Waals surface area contributed by atoms with Gasteiger partial charge >= 0.3 is 0 Å². The fourth-order valence-corrected chi connectivity index (χ4v) is 9.57. The molecule has 370 valence electrons. The van der Waals surface area contributed by atoms with Crippen LogP contribution in [0.15, 0.2) is 66.2 Å². The molecule has 1 saturated heterocycles. The zero-order chi connectivity index (χ0) is 48.4. The number of Topliss-reactive ketones (excluding diaryl/α,β-unsaturated/α-hetero) is 1. The van der Waals surface area contributed by atoms with Crippen molar-refractivity contribution in [3.63, 3.8) is 0 Å². The summed E-state index contributed by atoms with van der Waals surface area (Å²) < 4.78 is 43.5. The average Bonchev–Trinajstić information content (AvgIpc) is 3.98. The van der Waals surface area contributed by atoms with Crippen LogP contribution in [-0.4, -0.2) is 109 Å². The second kappa shape index (κ2) is 26.0. The van der Waals surface area contributed by atoms with Gasteiger partial charge in [-0.15, -0.1) is 11.3 Å². The number of rotatable bonds is 28. The van der Waals surface area contributed by atoms with Crippen molar-refractivity contribution in [2.75, 3.05) is 63.5 Å². The molecule has 2 fully saturated rings. The van der Waals surface area contributed by atoms with E-state index in [0.29, 0.717) is 114 Å². The van der Waals surface area contributed by atoms with Crippen molar-refractivity contribution in [3.8, 4) is 5.75 Å². The van der Waals surface area contributed by atoms with Crippen molar-refractivity contribution in [2.45, 2.75) is 102 Å². The molecule has 19 heteroatoms. The second-order valence-corrected chi connectivity index (χ2v) is 18.7. The van der Waals surface area contributed by atoms with Crippen LogP contribution in [-0.2, 0) is 51.1 Å². The molecule has 0 spiro atoms. The fraction of sp³-hybridized carbons (Fsp3) is 0.500. The third-order valence-corrected chi connectivity index (χ3v) is 13.5. The highest BCUT2D eigenvalue weighted by molar-refractivity contribution is 7.13. The highest BCUT2D eigenvalue weighted by Gasteiger charge is 2.43. The van der Waals surface area contributed by atoms with E-state index in [-0.39, 0.29) is 72.8 Å².